The average Bonchev–Trinajstić information content (AvgIpc) is 2.33. The molecule has 20 heavy (non-hydrogen) atoms. The van der Waals surface area contributed by atoms with Crippen LogP contribution in [-0.4, -0.2) is 38.6 Å². The normalized spacial score (nSPS) is 12.3. The van der Waals surface area contributed by atoms with Crippen molar-refractivity contribution in [3.05, 3.63) is 14.6 Å². The highest BCUT2D eigenvalue weighted by Gasteiger charge is 2.27. The van der Waals surface area contributed by atoms with Crippen LogP contribution in [0.4, 0.5) is 5.69 Å². The Kier molecular flexibility index (Phi) is 6.29. The van der Waals surface area contributed by atoms with Crippen molar-refractivity contribution in [3.8, 4) is 0 Å². The average molecular weight is 313 g/mol. The van der Waals surface area contributed by atoms with Crippen molar-refractivity contribution in [3.63, 3.8) is 0 Å². The van der Waals surface area contributed by atoms with E-state index < -0.39 is 0 Å². The molecule has 0 aliphatic carbocycles. The molecular formula is C16H28N2S2. The second kappa shape index (κ2) is 7.10. The van der Waals surface area contributed by atoms with E-state index in [0.29, 0.717) is 0 Å². The van der Waals surface area contributed by atoms with Gasteiger partial charge in [-0.1, -0.05) is 52.1 Å². The molecule has 0 radical (unpaired) electrons. The Morgan fingerprint density at radius 3 is 2.05 bits per heavy atom. The van der Waals surface area contributed by atoms with Crippen LogP contribution in [0.25, 0.3) is 0 Å². The number of hydrogen-bond donors (Lipinski definition) is 0. The molecule has 1 aromatic carbocycles. The third-order valence-corrected chi connectivity index (χ3v) is 4.59. The first kappa shape index (κ1) is 17.7. The highest BCUT2D eigenvalue weighted by Crippen LogP contribution is 2.38. The van der Waals surface area contributed by atoms with Gasteiger partial charge in [-0.15, -0.1) is 0 Å². The van der Waals surface area contributed by atoms with Crippen LogP contribution >= 0.6 is 24.4 Å². The van der Waals surface area contributed by atoms with Crippen molar-refractivity contribution >= 4 is 30.1 Å². The van der Waals surface area contributed by atoms with Gasteiger partial charge in [0.15, 0.2) is 0 Å². The van der Waals surface area contributed by atoms with E-state index in [9.17, 15) is 0 Å². The smallest absolute Gasteiger partial charge is 0.0798 e. The Balaban J connectivity index is 2.66. The lowest BCUT2D eigenvalue weighted by Gasteiger charge is -2.32. The fourth-order valence-corrected chi connectivity index (χ4v) is 3.48. The molecule has 0 saturated heterocycles. The van der Waals surface area contributed by atoms with Crippen molar-refractivity contribution < 1.29 is 0 Å². The topological polar surface area (TPSA) is 6.48 Å². The summed E-state index contributed by atoms with van der Waals surface area (Å²) in [5.74, 6) is 0. The van der Waals surface area contributed by atoms with Gasteiger partial charge in [-0.25, -0.2) is 0 Å². The van der Waals surface area contributed by atoms with Crippen LogP contribution in [0.2, 0.25) is 0 Å². The molecule has 0 amide bonds. The van der Waals surface area contributed by atoms with Gasteiger partial charge in [-0.2, -0.15) is 0 Å². The molecular weight excluding hydrogens is 284 g/mol. The first-order chi connectivity index (χ1) is 9.20. The highest BCUT2D eigenvalue weighted by molar-refractivity contribution is 7.74. The van der Waals surface area contributed by atoms with Gasteiger partial charge in [0, 0.05) is 19.2 Å². The lowest BCUT2D eigenvalue weighted by molar-refractivity contribution is 0.331. The third-order valence-electron chi connectivity index (χ3n) is 3.66. The summed E-state index contributed by atoms with van der Waals surface area (Å²) in [4.78, 5) is 4.68. The fraction of sp³-hybridized carbons (Fsp3) is 0.750. The van der Waals surface area contributed by atoms with Crippen LogP contribution in [0.1, 0.15) is 46.1 Å². The molecule has 0 aliphatic heterocycles. The molecule has 0 unspecified atom stereocenters. The minimum absolute atomic E-state index is 0.0853. The molecule has 1 rings (SSSR count). The number of hydrogen-bond acceptors (Lipinski definition) is 4. The summed E-state index contributed by atoms with van der Waals surface area (Å²) in [7, 11) is 4.32. The molecule has 0 spiro atoms. The maximum atomic E-state index is 5.44. The Labute approximate surface area is 134 Å². The quantitative estimate of drug-likeness (QED) is 0.684. The van der Waals surface area contributed by atoms with Gasteiger partial charge in [0.2, 0.25) is 0 Å². The summed E-state index contributed by atoms with van der Waals surface area (Å²) in [6.07, 6.45) is 2.37. The zero-order valence-corrected chi connectivity index (χ0v) is 15.4. The first-order valence-corrected chi connectivity index (χ1v) is 8.25. The Hall–Kier alpha value is -0.320. The van der Waals surface area contributed by atoms with Crippen LogP contribution in [-0.2, 0) is 5.41 Å². The minimum atomic E-state index is 0.0853. The van der Waals surface area contributed by atoms with Gasteiger partial charge in [0.1, 0.15) is 0 Å². The van der Waals surface area contributed by atoms with Crippen LogP contribution in [0, 0.1) is 9.02 Å². The molecule has 0 aromatic heterocycles. The van der Waals surface area contributed by atoms with E-state index in [2.05, 4.69) is 51.6 Å². The van der Waals surface area contributed by atoms with Crippen LogP contribution in [0.15, 0.2) is 0 Å². The standard InChI is InChI=1S/C16H28N2S2/c1-7-9-17(5)10-8-11-18(6)13-12(16(2,3)4)14(19)15(13)20/h7-11H2,1-6H3. The van der Waals surface area contributed by atoms with E-state index in [1.165, 1.54) is 24.2 Å². The van der Waals surface area contributed by atoms with Crippen molar-refractivity contribution in [2.75, 3.05) is 38.6 Å². The van der Waals surface area contributed by atoms with Crippen molar-refractivity contribution in [1.82, 2.24) is 4.90 Å². The Morgan fingerprint density at radius 2 is 1.55 bits per heavy atom. The van der Waals surface area contributed by atoms with E-state index >= 15 is 0 Å². The van der Waals surface area contributed by atoms with E-state index in [-0.39, 0.29) is 5.41 Å². The predicted octanol–water partition coefficient (Wildman–Crippen LogP) is 4.49. The van der Waals surface area contributed by atoms with Gasteiger partial charge in [-0.05, 0) is 38.4 Å². The van der Waals surface area contributed by atoms with E-state index in [1.54, 1.807) is 0 Å². The third kappa shape index (κ3) is 4.09. The minimum Gasteiger partial charge on any atom is -0.373 e. The Morgan fingerprint density at radius 1 is 0.950 bits per heavy atom. The monoisotopic (exact) mass is 312 g/mol. The molecule has 2 nitrogen and oxygen atoms in total. The molecule has 114 valence electrons. The molecule has 0 saturated carbocycles. The fourth-order valence-electron chi connectivity index (χ4n) is 2.62. The summed E-state index contributed by atoms with van der Waals surface area (Å²) in [6.45, 7) is 12.2. The molecule has 0 heterocycles. The van der Waals surface area contributed by atoms with E-state index in [4.69, 9.17) is 24.4 Å². The molecule has 1 aromatic rings. The zero-order valence-electron chi connectivity index (χ0n) is 13.7. The number of nitrogens with zero attached hydrogens (tertiary/aromatic N) is 2. The summed E-state index contributed by atoms with van der Waals surface area (Å²) in [6, 6.07) is 0. The van der Waals surface area contributed by atoms with Crippen LogP contribution in [0.5, 0.6) is 0 Å². The largest absolute Gasteiger partial charge is 0.373 e. The van der Waals surface area contributed by atoms with Crippen molar-refractivity contribution in [2.45, 2.75) is 46.0 Å². The molecule has 0 fully saturated rings. The Bertz CT molecular complexity index is 507. The lowest BCUT2D eigenvalue weighted by atomic mass is 9.83. The SMILES string of the molecule is CCCN(C)CCCN(C)c1c(C(C)(C)C)c(=S)c1=S. The second-order valence-corrected chi connectivity index (χ2v) is 7.53. The first-order valence-electron chi connectivity index (χ1n) is 7.43. The summed E-state index contributed by atoms with van der Waals surface area (Å²) in [5, 5.41) is 0. The van der Waals surface area contributed by atoms with E-state index in [1.807, 2.05) is 0 Å². The molecule has 0 atom stereocenters. The molecule has 4 heteroatoms. The molecule has 0 N–H and O–H groups in total. The van der Waals surface area contributed by atoms with Crippen LogP contribution in [0.3, 0.4) is 0 Å². The number of anilines is 1. The van der Waals surface area contributed by atoms with E-state index in [0.717, 1.165) is 28.5 Å². The van der Waals surface area contributed by atoms with Crippen molar-refractivity contribution in [1.29, 1.82) is 0 Å². The van der Waals surface area contributed by atoms with Gasteiger partial charge in [-0.3, -0.25) is 0 Å². The predicted molar refractivity (Wildman–Crippen MR) is 94.9 cm³/mol. The van der Waals surface area contributed by atoms with Gasteiger partial charge >= 0.3 is 0 Å². The number of rotatable bonds is 7. The summed E-state index contributed by atoms with van der Waals surface area (Å²) >= 11 is 10.9. The van der Waals surface area contributed by atoms with Gasteiger partial charge < -0.3 is 9.80 Å². The maximum absolute atomic E-state index is 5.44. The molecule has 0 bridgehead atoms. The summed E-state index contributed by atoms with van der Waals surface area (Å²) < 4.78 is 1.78. The van der Waals surface area contributed by atoms with Gasteiger partial charge in [0.05, 0.1) is 14.7 Å². The molecule has 0 aliphatic rings. The second-order valence-electron chi connectivity index (χ2n) is 6.71. The summed E-state index contributed by atoms with van der Waals surface area (Å²) in [5.41, 5.74) is 2.56. The van der Waals surface area contributed by atoms with Gasteiger partial charge in [0.25, 0.3) is 0 Å². The maximum Gasteiger partial charge on any atom is 0.0798 e. The van der Waals surface area contributed by atoms with Crippen LogP contribution < -0.4 is 4.90 Å². The highest BCUT2D eigenvalue weighted by atomic mass is 32.1. The zero-order chi connectivity index (χ0) is 15.5. The lowest BCUT2D eigenvalue weighted by Crippen LogP contribution is -2.29. The van der Waals surface area contributed by atoms with Crippen molar-refractivity contribution in [2.24, 2.45) is 0 Å².